The number of hydrogen-bond donors (Lipinski definition) is 2. The first-order valence-electron chi connectivity index (χ1n) is 7.62. The minimum absolute atomic E-state index is 0.0738. The first-order valence-corrected chi connectivity index (χ1v) is 7.62. The lowest BCUT2D eigenvalue weighted by Crippen LogP contribution is -2.60. The second-order valence-corrected chi connectivity index (χ2v) is 7.42. The van der Waals surface area contributed by atoms with E-state index in [2.05, 4.69) is 31.1 Å². The van der Waals surface area contributed by atoms with E-state index < -0.39 is 0 Å². The molecule has 2 bridgehead atoms. The molecule has 2 N–H and O–H groups in total. The topological polar surface area (TPSA) is 35.5 Å². The Kier molecular flexibility index (Phi) is 3.20. The molecule has 104 valence electrons. The SMILES string of the molecule is CN1C2CCC1CC(CNC1CC(O)C1(C)C)C2. The first-order chi connectivity index (χ1) is 8.48. The summed E-state index contributed by atoms with van der Waals surface area (Å²) in [4.78, 5) is 2.60. The fourth-order valence-corrected chi connectivity index (χ4v) is 4.25. The van der Waals surface area contributed by atoms with Crippen molar-refractivity contribution in [1.82, 2.24) is 10.2 Å². The Balaban J connectivity index is 1.48. The van der Waals surface area contributed by atoms with Crippen molar-refractivity contribution in [2.45, 2.75) is 70.2 Å². The van der Waals surface area contributed by atoms with Crippen molar-refractivity contribution < 1.29 is 5.11 Å². The summed E-state index contributed by atoms with van der Waals surface area (Å²) in [5.41, 5.74) is 0.0738. The van der Waals surface area contributed by atoms with Gasteiger partial charge in [-0.25, -0.2) is 0 Å². The van der Waals surface area contributed by atoms with Crippen LogP contribution in [0.4, 0.5) is 0 Å². The van der Waals surface area contributed by atoms with Crippen LogP contribution in [0.2, 0.25) is 0 Å². The molecule has 0 aromatic carbocycles. The van der Waals surface area contributed by atoms with Crippen LogP contribution < -0.4 is 5.32 Å². The molecule has 3 fully saturated rings. The lowest BCUT2D eigenvalue weighted by atomic mass is 9.64. The average molecular weight is 252 g/mol. The maximum Gasteiger partial charge on any atom is 0.0621 e. The lowest BCUT2D eigenvalue weighted by Gasteiger charge is -2.50. The van der Waals surface area contributed by atoms with Gasteiger partial charge in [-0.1, -0.05) is 13.8 Å². The molecule has 3 heteroatoms. The number of hydrogen-bond acceptors (Lipinski definition) is 3. The molecule has 3 rings (SSSR count). The van der Waals surface area contributed by atoms with Gasteiger partial charge in [0.15, 0.2) is 0 Å². The molecule has 4 unspecified atom stereocenters. The standard InChI is InChI=1S/C15H28N2O/c1-15(2)13(8-14(15)18)16-9-10-6-11-4-5-12(7-10)17(11)3/h10-14,16,18H,4-9H2,1-3H3. The molecule has 0 spiro atoms. The van der Waals surface area contributed by atoms with Crippen LogP contribution in [0.5, 0.6) is 0 Å². The van der Waals surface area contributed by atoms with Crippen LogP contribution in [0.25, 0.3) is 0 Å². The minimum Gasteiger partial charge on any atom is -0.392 e. The van der Waals surface area contributed by atoms with E-state index in [4.69, 9.17) is 0 Å². The summed E-state index contributed by atoms with van der Waals surface area (Å²) in [5.74, 6) is 0.854. The molecule has 0 aromatic rings. The van der Waals surface area contributed by atoms with E-state index in [0.29, 0.717) is 6.04 Å². The van der Waals surface area contributed by atoms with Crippen molar-refractivity contribution in [1.29, 1.82) is 0 Å². The second-order valence-electron chi connectivity index (χ2n) is 7.42. The molecule has 18 heavy (non-hydrogen) atoms. The van der Waals surface area contributed by atoms with Crippen LogP contribution in [0.1, 0.15) is 46.0 Å². The van der Waals surface area contributed by atoms with Crippen LogP contribution in [0, 0.1) is 11.3 Å². The van der Waals surface area contributed by atoms with Crippen molar-refractivity contribution >= 4 is 0 Å². The fraction of sp³-hybridized carbons (Fsp3) is 1.00. The van der Waals surface area contributed by atoms with Gasteiger partial charge < -0.3 is 15.3 Å². The Morgan fingerprint density at radius 3 is 2.28 bits per heavy atom. The highest BCUT2D eigenvalue weighted by molar-refractivity contribution is 5.02. The normalized spacial score (nSPS) is 47.0. The smallest absolute Gasteiger partial charge is 0.0621 e. The zero-order valence-electron chi connectivity index (χ0n) is 12.0. The van der Waals surface area contributed by atoms with Gasteiger partial charge in [-0.3, -0.25) is 0 Å². The molecule has 2 saturated heterocycles. The lowest BCUT2D eigenvalue weighted by molar-refractivity contribution is -0.0741. The van der Waals surface area contributed by atoms with Crippen LogP contribution in [-0.2, 0) is 0 Å². The van der Waals surface area contributed by atoms with Crippen molar-refractivity contribution in [3.05, 3.63) is 0 Å². The largest absolute Gasteiger partial charge is 0.392 e. The van der Waals surface area contributed by atoms with Crippen LogP contribution in [-0.4, -0.2) is 47.8 Å². The maximum absolute atomic E-state index is 9.77. The molecule has 1 aliphatic carbocycles. The van der Waals surface area contributed by atoms with Crippen molar-refractivity contribution in [2.24, 2.45) is 11.3 Å². The first kappa shape index (κ1) is 12.9. The van der Waals surface area contributed by atoms with E-state index in [1.54, 1.807) is 0 Å². The van der Waals surface area contributed by atoms with Crippen molar-refractivity contribution in [3.8, 4) is 0 Å². The zero-order valence-corrected chi connectivity index (χ0v) is 12.0. The Bertz CT molecular complexity index is 304. The molecular formula is C15H28N2O. The summed E-state index contributed by atoms with van der Waals surface area (Å²) in [6.45, 7) is 5.51. The van der Waals surface area contributed by atoms with Crippen LogP contribution in [0.3, 0.4) is 0 Å². The number of aliphatic hydroxyl groups is 1. The molecule has 4 atom stereocenters. The summed E-state index contributed by atoms with van der Waals surface area (Å²) < 4.78 is 0. The summed E-state index contributed by atoms with van der Waals surface area (Å²) in [6.07, 6.45) is 6.39. The Labute approximate surface area is 111 Å². The van der Waals surface area contributed by atoms with E-state index in [1.807, 2.05) is 0 Å². The summed E-state index contributed by atoms with van der Waals surface area (Å²) in [6, 6.07) is 2.20. The third-order valence-corrected chi connectivity index (χ3v) is 6.06. The number of fused-ring (bicyclic) bond motifs is 2. The number of rotatable bonds is 3. The number of piperidine rings is 1. The molecular weight excluding hydrogens is 224 g/mol. The van der Waals surface area contributed by atoms with E-state index in [0.717, 1.165) is 31.0 Å². The van der Waals surface area contributed by atoms with Crippen LogP contribution >= 0.6 is 0 Å². The van der Waals surface area contributed by atoms with Gasteiger partial charge in [-0.05, 0) is 51.6 Å². The minimum atomic E-state index is -0.108. The summed E-state index contributed by atoms with van der Waals surface area (Å²) in [5, 5.41) is 13.5. The molecule has 0 aromatic heterocycles. The summed E-state index contributed by atoms with van der Waals surface area (Å²) >= 11 is 0. The quantitative estimate of drug-likeness (QED) is 0.801. The molecule has 3 nitrogen and oxygen atoms in total. The van der Waals surface area contributed by atoms with Crippen molar-refractivity contribution in [3.63, 3.8) is 0 Å². The van der Waals surface area contributed by atoms with Gasteiger partial charge in [-0.2, -0.15) is 0 Å². The number of nitrogens with zero attached hydrogens (tertiary/aromatic N) is 1. The Morgan fingerprint density at radius 1 is 1.17 bits per heavy atom. The van der Waals surface area contributed by atoms with Gasteiger partial charge in [0.1, 0.15) is 0 Å². The number of nitrogens with one attached hydrogen (secondary N) is 1. The van der Waals surface area contributed by atoms with E-state index in [1.165, 1.54) is 25.7 Å². The molecule has 0 radical (unpaired) electrons. The van der Waals surface area contributed by atoms with Gasteiger partial charge in [0.2, 0.25) is 0 Å². The predicted molar refractivity (Wildman–Crippen MR) is 73.5 cm³/mol. The van der Waals surface area contributed by atoms with Gasteiger partial charge >= 0.3 is 0 Å². The number of aliphatic hydroxyl groups excluding tert-OH is 1. The molecule has 1 saturated carbocycles. The third kappa shape index (κ3) is 2.00. The fourth-order valence-electron chi connectivity index (χ4n) is 4.25. The van der Waals surface area contributed by atoms with E-state index in [-0.39, 0.29) is 11.5 Å². The molecule has 2 aliphatic heterocycles. The highest BCUT2D eigenvalue weighted by Gasteiger charge is 2.47. The van der Waals surface area contributed by atoms with Crippen LogP contribution in [0.15, 0.2) is 0 Å². The second kappa shape index (κ2) is 4.46. The molecule has 0 amide bonds. The molecule has 2 heterocycles. The highest BCUT2D eigenvalue weighted by Crippen LogP contribution is 2.41. The van der Waals surface area contributed by atoms with Crippen molar-refractivity contribution in [2.75, 3.05) is 13.6 Å². The van der Waals surface area contributed by atoms with E-state index >= 15 is 0 Å². The zero-order chi connectivity index (χ0) is 12.9. The molecule has 3 aliphatic rings. The predicted octanol–water partition coefficient (Wildman–Crippen LogP) is 1.61. The summed E-state index contributed by atoms with van der Waals surface area (Å²) in [7, 11) is 2.30. The average Bonchev–Trinajstić information content (AvgIpc) is 2.56. The van der Waals surface area contributed by atoms with E-state index in [9.17, 15) is 5.11 Å². The van der Waals surface area contributed by atoms with Gasteiger partial charge in [-0.15, -0.1) is 0 Å². The monoisotopic (exact) mass is 252 g/mol. The van der Waals surface area contributed by atoms with Gasteiger partial charge in [0.25, 0.3) is 0 Å². The highest BCUT2D eigenvalue weighted by atomic mass is 16.3. The maximum atomic E-state index is 9.77. The Morgan fingerprint density at radius 2 is 1.78 bits per heavy atom. The Hall–Kier alpha value is -0.120. The van der Waals surface area contributed by atoms with Gasteiger partial charge in [0.05, 0.1) is 6.10 Å². The third-order valence-electron chi connectivity index (χ3n) is 6.06. The van der Waals surface area contributed by atoms with Gasteiger partial charge in [0, 0.05) is 23.5 Å².